The first-order valence-electron chi connectivity index (χ1n) is 4.88. The van der Waals surface area contributed by atoms with Gasteiger partial charge in [-0.1, -0.05) is 18.2 Å². The second kappa shape index (κ2) is 4.48. The topological polar surface area (TPSA) is 101 Å². The summed E-state index contributed by atoms with van der Waals surface area (Å²) in [5.41, 5.74) is 5.67. The van der Waals surface area contributed by atoms with Crippen molar-refractivity contribution >= 4 is 17.6 Å². The molecular formula is C11H10N4O2. The maximum atomic E-state index is 11.8. The number of benzene rings is 1. The summed E-state index contributed by atoms with van der Waals surface area (Å²) in [5, 5.41) is 2.51. The number of aromatic amines is 1. The molecule has 0 atom stereocenters. The van der Waals surface area contributed by atoms with Crippen LogP contribution in [-0.4, -0.2) is 21.8 Å². The lowest BCUT2D eigenvalue weighted by molar-refractivity contribution is 0.0997. The standard InChI is InChI=1S/C11H10N4O2/c12-9(16)8-10(14-6-13-8)15-11(17)7-4-2-1-3-5-7/h1-6H,(H2,12,16)(H,13,14)(H,15,17). The molecule has 2 amide bonds. The molecule has 17 heavy (non-hydrogen) atoms. The smallest absolute Gasteiger partial charge is 0.269 e. The Hall–Kier alpha value is -2.63. The molecule has 0 saturated carbocycles. The van der Waals surface area contributed by atoms with E-state index in [4.69, 9.17) is 5.73 Å². The molecule has 0 bridgehead atoms. The van der Waals surface area contributed by atoms with Gasteiger partial charge in [0, 0.05) is 5.56 Å². The Morgan fingerprint density at radius 3 is 2.59 bits per heavy atom. The van der Waals surface area contributed by atoms with E-state index in [9.17, 15) is 9.59 Å². The molecule has 0 fully saturated rings. The second-order valence-electron chi connectivity index (χ2n) is 3.31. The number of aromatic nitrogens is 2. The van der Waals surface area contributed by atoms with Crippen LogP contribution in [0.2, 0.25) is 0 Å². The van der Waals surface area contributed by atoms with Crippen LogP contribution >= 0.6 is 0 Å². The number of carbonyl (C=O) groups is 2. The highest BCUT2D eigenvalue weighted by Gasteiger charge is 2.14. The predicted molar refractivity (Wildman–Crippen MR) is 61.5 cm³/mol. The van der Waals surface area contributed by atoms with E-state index < -0.39 is 5.91 Å². The van der Waals surface area contributed by atoms with Crippen molar-refractivity contribution in [2.24, 2.45) is 5.73 Å². The molecule has 0 unspecified atom stereocenters. The summed E-state index contributed by atoms with van der Waals surface area (Å²) in [4.78, 5) is 29.1. The van der Waals surface area contributed by atoms with Crippen LogP contribution in [0.3, 0.4) is 0 Å². The zero-order valence-corrected chi connectivity index (χ0v) is 8.81. The number of H-pyrrole nitrogens is 1. The Morgan fingerprint density at radius 2 is 1.94 bits per heavy atom. The molecule has 0 aliphatic heterocycles. The number of primary amides is 1. The van der Waals surface area contributed by atoms with Gasteiger partial charge in [0.25, 0.3) is 11.8 Å². The maximum absolute atomic E-state index is 11.8. The van der Waals surface area contributed by atoms with E-state index in [1.807, 2.05) is 0 Å². The van der Waals surface area contributed by atoms with Crippen molar-refractivity contribution in [1.82, 2.24) is 9.97 Å². The molecule has 86 valence electrons. The predicted octanol–water partition coefficient (Wildman–Crippen LogP) is 0.761. The van der Waals surface area contributed by atoms with Crippen LogP contribution < -0.4 is 11.1 Å². The van der Waals surface area contributed by atoms with Gasteiger partial charge in [-0.3, -0.25) is 9.59 Å². The number of nitrogens with zero attached hydrogens (tertiary/aromatic N) is 1. The van der Waals surface area contributed by atoms with E-state index in [1.54, 1.807) is 30.3 Å². The molecule has 1 aromatic heterocycles. The molecule has 6 heteroatoms. The SMILES string of the molecule is NC(=O)c1[nH]cnc1NC(=O)c1ccccc1. The summed E-state index contributed by atoms with van der Waals surface area (Å²) in [6.07, 6.45) is 1.29. The van der Waals surface area contributed by atoms with E-state index >= 15 is 0 Å². The van der Waals surface area contributed by atoms with E-state index in [-0.39, 0.29) is 17.4 Å². The number of rotatable bonds is 3. The number of anilines is 1. The summed E-state index contributed by atoms with van der Waals surface area (Å²) < 4.78 is 0. The van der Waals surface area contributed by atoms with Crippen LogP contribution in [0.4, 0.5) is 5.82 Å². The molecule has 0 radical (unpaired) electrons. The third-order valence-electron chi connectivity index (χ3n) is 2.15. The average Bonchev–Trinajstić information content (AvgIpc) is 2.78. The average molecular weight is 230 g/mol. The Morgan fingerprint density at radius 1 is 1.24 bits per heavy atom. The molecular weight excluding hydrogens is 220 g/mol. The second-order valence-corrected chi connectivity index (χ2v) is 3.31. The summed E-state index contributed by atoms with van der Waals surface area (Å²) in [6, 6.07) is 8.61. The molecule has 4 N–H and O–H groups in total. The van der Waals surface area contributed by atoms with Gasteiger partial charge in [0.2, 0.25) is 0 Å². The van der Waals surface area contributed by atoms with Crippen LogP contribution in [0.15, 0.2) is 36.7 Å². The highest BCUT2D eigenvalue weighted by atomic mass is 16.2. The van der Waals surface area contributed by atoms with Crippen molar-refractivity contribution in [3.05, 3.63) is 47.9 Å². The Bertz CT molecular complexity index is 548. The van der Waals surface area contributed by atoms with Gasteiger partial charge in [0.05, 0.1) is 6.33 Å². The molecule has 2 rings (SSSR count). The Kier molecular flexibility index (Phi) is 2.87. The number of carbonyl (C=O) groups excluding carboxylic acids is 2. The summed E-state index contributed by atoms with van der Waals surface area (Å²) in [5.74, 6) is -0.891. The molecule has 6 nitrogen and oxygen atoms in total. The van der Waals surface area contributed by atoms with E-state index in [0.29, 0.717) is 5.56 Å². The van der Waals surface area contributed by atoms with Crippen molar-refractivity contribution in [2.75, 3.05) is 5.32 Å². The van der Waals surface area contributed by atoms with Crippen molar-refractivity contribution < 1.29 is 9.59 Å². The minimum absolute atomic E-state index is 0.0780. The van der Waals surface area contributed by atoms with Gasteiger partial charge in [-0.05, 0) is 12.1 Å². The Labute approximate surface area is 96.9 Å². The van der Waals surface area contributed by atoms with Crippen molar-refractivity contribution in [2.45, 2.75) is 0 Å². The van der Waals surface area contributed by atoms with Crippen LogP contribution in [0.5, 0.6) is 0 Å². The fourth-order valence-corrected chi connectivity index (χ4v) is 1.35. The van der Waals surface area contributed by atoms with Gasteiger partial charge in [-0.2, -0.15) is 0 Å². The van der Waals surface area contributed by atoms with Crippen LogP contribution in [-0.2, 0) is 0 Å². The normalized spacial score (nSPS) is 9.88. The monoisotopic (exact) mass is 230 g/mol. The molecule has 0 aliphatic carbocycles. The van der Waals surface area contributed by atoms with Crippen LogP contribution in [0.1, 0.15) is 20.8 Å². The summed E-state index contributed by atoms with van der Waals surface area (Å²) >= 11 is 0. The van der Waals surface area contributed by atoms with Gasteiger partial charge in [0.15, 0.2) is 5.82 Å². The molecule has 0 saturated heterocycles. The molecule has 1 heterocycles. The number of hydrogen-bond acceptors (Lipinski definition) is 3. The van der Waals surface area contributed by atoms with Crippen molar-refractivity contribution in [3.8, 4) is 0 Å². The number of nitrogens with two attached hydrogens (primary N) is 1. The minimum Gasteiger partial charge on any atom is -0.364 e. The van der Waals surface area contributed by atoms with E-state index in [0.717, 1.165) is 0 Å². The summed E-state index contributed by atoms with van der Waals surface area (Å²) in [7, 11) is 0. The zero-order valence-electron chi connectivity index (χ0n) is 8.81. The lowest BCUT2D eigenvalue weighted by Crippen LogP contribution is -2.18. The molecule has 2 aromatic rings. The number of imidazole rings is 1. The fourth-order valence-electron chi connectivity index (χ4n) is 1.35. The number of hydrogen-bond donors (Lipinski definition) is 3. The first-order valence-corrected chi connectivity index (χ1v) is 4.88. The van der Waals surface area contributed by atoms with Gasteiger partial charge < -0.3 is 16.0 Å². The highest BCUT2D eigenvalue weighted by Crippen LogP contribution is 2.10. The molecule has 0 aliphatic rings. The van der Waals surface area contributed by atoms with Gasteiger partial charge >= 0.3 is 0 Å². The third-order valence-corrected chi connectivity index (χ3v) is 2.15. The number of nitrogens with one attached hydrogen (secondary N) is 2. The Balaban J connectivity index is 2.19. The first-order chi connectivity index (χ1) is 8.18. The maximum Gasteiger partial charge on any atom is 0.269 e. The quantitative estimate of drug-likeness (QED) is 0.725. The molecule has 0 spiro atoms. The van der Waals surface area contributed by atoms with Crippen molar-refractivity contribution in [3.63, 3.8) is 0 Å². The number of amides is 2. The van der Waals surface area contributed by atoms with Crippen molar-refractivity contribution in [1.29, 1.82) is 0 Å². The minimum atomic E-state index is -0.675. The summed E-state index contributed by atoms with van der Waals surface area (Å²) in [6.45, 7) is 0. The molecule has 1 aromatic carbocycles. The highest BCUT2D eigenvalue weighted by molar-refractivity contribution is 6.07. The van der Waals surface area contributed by atoms with Crippen LogP contribution in [0, 0.1) is 0 Å². The fraction of sp³-hybridized carbons (Fsp3) is 0. The lowest BCUT2D eigenvalue weighted by Gasteiger charge is -2.03. The van der Waals surface area contributed by atoms with E-state index in [1.165, 1.54) is 6.33 Å². The first kappa shape index (κ1) is 10.9. The lowest BCUT2D eigenvalue weighted by atomic mass is 10.2. The van der Waals surface area contributed by atoms with Gasteiger partial charge in [0.1, 0.15) is 5.69 Å². The zero-order chi connectivity index (χ0) is 12.3. The third kappa shape index (κ3) is 2.31. The van der Waals surface area contributed by atoms with Gasteiger partial charge in [-0.15, -0.1) is 0 Å². The van der Waals surface area contributed by atoms with E-state index in [2.05, 4.69) is 15.3 Å². The van der Waals surface area contributed by atoms with Crippen LogP contribution in [0.25, 0.3) is 0 Å². The van der Waals surface area contributed by atoms with Gasteiger partial charge in [-0.25, -0.2) is 4.98 Å². The largest absolute Gasteiger partial charge is 0.364 e.